The van der Waals surface area contributed by atoms with E-state index in [4.69, 9.17) is 5.26 Å². The molecule has 0 heterocycles. The molecule has 0 fully saturated rings. The Kier molecular flexibility index (Phi) is 3.36. The lowest BCUT2D eigenvalue weighted by Gasteiger charge is -2.05. The Balaban J connectivity index is 2.49. The van der Waals surface area contributed by atoms with Crippen LogP contribution in [0.1, 0.15) is 5.56 Å². The van der Waals surface area contributed by atoms with Gasteiger partial charge < -0.3 is 5.11 Å². The summed E-state index contributed by atoms with van der Waals surface area (Å²) >= 11 is 1.68. The van der Waals surface area contributed by atoms with Crippen LogP contribution in [0.2, 0.25) is 0 Å². The number of thioether (sulfide) groups is 1. The van der Waals surface area contributed by atoms with Crippen molar-refractivity contribution in [3.8, 4) is 22.9 Å². The normalized spacial score (nSPS) is 9.88. The van der Waals surface area contributed by atoms with Crippen molar-refractivity contribution >= 4 is 11.8 Å². The van der Waals surface area contributed by atoms with Gasteiger partial charge in [-0.1, -0.05) is 18.2 Å². The third kappa shape index (κ3) is 2.43. The summed E-state index contributed by atoms with van der Waals surface area (Å²) in [4.78, 5) is 1.18. The molecule has 0 amide bonds. The summed E-state index contributed by atoms with van der Waals surface area (Å²) in [5.74, 6) is 0.0253. The second kappa shape index (κ2) is 4.94. The number of nitriles is 1. The molecule has 0 saturated carbocycles. The summed E-state index contributed by atoms with van der Waals surface area (Å²) in [6, 6.07) is 15.1. The SMILES string of the molecule is CSc1cccc(-c2ccc(O)c(C#N)c2)c1. The highest BCUT2D eigenvalue weighted by Crippen LogP contribution is 2.27. The fraction of sp³-hybridized carbons (Fsp3) is 0.0714. The molecule has 17 heavy (non-hydrogen) atoms. The first kappa shape index (κ1) is 11.6. The zero-order valence-corrected chi connectivity index (χ0v) is 10.2. The van der Waals surface area contributed by atoms with Gasteiger partial charge in [0, 0.05) is 4.90 Å². The Morgan fingerprint density at radius 1 is 1.12 bits per heavy atom. The third-order valence-electron chi connectivity index (χ3n) is 2.52. The van der Waals surface area contributed by atoms with Crippen LogP contribution < -0.4 is 0 Å². The van der Waals surface area contributed by atoms with E-state index in [1.807, 2.05) is 36.6 Å². The fourth-order valence-electron chi connectivity index (χ4n) is 1.61. The maximum Gasteiger partial charge on any atom is 0.133 e. The fourth-order valence-corrected chi connectivity index (χ4v) is 2.07. The molecule has 0 spiro atoms. The number of hydrogen-bond donors (Lipinski definition) is 1. The molecule has 2 aromatic carbocycles. The monoisotopic (exact) mass is 241 g/mol. The van der Waals surface area contributed by atoms with Crippen LogP contribution >= 0.6 is 11.8 Å². The lowest BCUT2D eigenvalue weighted by molar-refractivity contribution is 0.473. The second-order valence-electron chi connectivity index (χ2n) is 3.58. The van der Waals surface area contributed by atoms with Gasteiger partial charge in [0.15, 0.2) is 0 Å². The maximum absolute atomic E-state index is 9.46. The topological polar surface area (TPSA) is 44.0 Å². The van der Waals surface area contributed by atoms with Crippen LogP contribution in [0, 0.1) is 11.3 Å². The second-order valence-corrected chi connectivity index (χ2v) is 4.46. The van der Waals surface area contributed by atoms with Crippen molar-refractivity contribution in [1.29, 1.82) is 5.26 Å². The zero-order chi connectivity index (χ0) is 12.3. The van der Waals surface area contributed by atoms with E-state index in [-0.39, 0.29) is 5.75 Å². The van der Waals surface area contributed by atoms with Gasteiger partial charge in [-0.3, -0.25) is 0 Å². The van der Waals surface area contributed by atoms with Crippen molar-refractivity contribution in [2.75, 3.05) is 6.26 Å². The molecular formula is C14H11NOS. The van der Waals surface area contributed by atoms with Crippen molar-refractivity contribution in [2.45, 2.75) is 4.90 Å². The molecule has 2 aromatic rings. The lowest BCUT2D eigenvalue weighted by atomic mass is 10.0. The van der Waals surface area contributed by atoms with Crippen molar-refractivity contribution in [3.05, 3.63) is 48.0 Å². The van der Waals surface area contributed by atoms with E-state index in [0.717, 1.165) is 11.1 Å². The first-order valence-corrected chi connectivity index (χ1v) is 6.34. The van der Waals surface area contributed by atoms with Crippen LogP contribution in [0.15, 0.2) is 47.4 Å². The molecule has 3 heteroatoms. The van der Waals surface area contributed by atoms with E-state index in [9.17, 15) is 5.11 Å². The summed E-state index contributed by atoms with van der Waals surface area (Å²) < 4.78 is 0. The maximum atomic E-state index is 9.46. The molecule has 0 radical (unpaired) electrons. The molecular weight excluding hydrogens is 230 g/mol. The van der Waals surface area contributed by atoms with Gasteiger partial charge in [0.2, 0.25) is 0 Å². The smallest absolute Gasteiger partial charge is 0.133 e. The molecule has 0 aliphatic rings. The number of nitrogens with zero attached hydrogens (tertiary/aromatic N) is 1. The molecule has 0 unspecified atom stereocenters. The number of benzene rings is 2. The molecule has 0 aliphatic heterocycles. The number of phenols is 1. The Labute approximate surface area is 105 Å². The predicted octanol–water partition coefficient (Wildman–Crippen LogP) is 3.65. The van der Waals surface area contributed by atoms with Gasteiger partial charge >= 0.3 is 0 Å². The largest absolute Gasteiger partial charge is 0.507 e. The molecule has 84 valence electrons. The van der Waals surface area contributed by atoms with Gasteiger partial charge in [0.25, 0.3) is 0 Å². The summed E-state index contributed by atoms with van der Waals surface area (Å²) in [6.07, 6.45) is 2.02. The van der Waals surface area contributed by atoms with E-state index in [2.05, 4.69) is 6.07 Å². The summed E-state index contributed by atoms with van der Waals surface area (Å²) in [6.45, 7) is 0. The van der Waals surface area contributed by atoms with Gasteiger partial charge in [-0.05, 0) is 41.6 Å². The molecule has 0 aliphatic carbocycles. The standard InChI is InChI=1S/C14H11NOS/c1-17-13-4-2-3-10(8-13)11-5-6-14(16)12(7-11)9-15/h2-8,16H,1H3. The average Bonchev–Trinajstić information content (AvgIpc) is 2.39. The van der Waals surface area contributed by atoms with Crippen molar-refractivity contribution in [2.24, 2.45) is 0 Å². The van der Waals surface area contributed by atoms with Crippen molar-refractivity contribution < 1.29 is 5.11 Å². The molecule has 1 N–H and O–H groups in total. The minimum Gasteiger partial charge on any atom is -0.507 e. The van der Waals surface area contributed by atoms with E-state index in [0.29, 0.717) is 5.56 Å². The molecule has 0 bridgehead atoms. The van der Waals surface area contributed by atoms with Gasteiger partial charge in [0.05, 0.1) is 5.56 Å². The molecule has 0 saturated heterocycles. The minimum absolute atomic E-state index is 0.0253. The highest BCUT2D eigenvalue weighted by atomic mass is 32.2. The number of aromatic hydroxyl groups is 1. The summed E-state index contributed by atoms with van der Waals surface area (Å²) in [7, 11) is 0. The van der Waals surface area contributed by atoms with Crippen LogP contribution in [0.4, 0.5) is 0 Å². The Bertz CT molecular complexity index is 587. The predicted molar refractivity (Wildman–Crippen MR) is 70.0 cm³/mol. The van der Waals surface area contributed by atoms with Crippen LogP contribution in [0.25, 0.3) is 11.1 Å². The Hall–Kier alpha value is -1.92. The van der Waals surface area contributed by atoms with Crippen LogP contribution in [-0.4, -0.2) is 11.4 Å². The summed E-state index contributed by atoms with van der Waals surface area (Å²) in [5, 5.41) is 18.3. The highest BCUT2D eigenvalue weighted by molar-refractivity contribution is 7.98. The molecule has 2 nitrogen and oxygen atoms in total. The number of phenolic OH excluding ortho intramolecular Hbond substituents is 1. The van der Waals surface area contributed by atoms with Gasteiger partial charge in [-0.25, -0.2) is 0 Å². The number of hydrogen-bond acceptors (Lipinski definition) is 3. The van der Waals surface area contributed by atoms with Crippen LogP contribution in [-0.2, 0) is 0 Å². The van der Waals surface area contributed by atoms with Gasteiger partial charge in [-0.2, -0.15) is 5.26 Å². The highest BCUT2D eigenvalue weighted by Gasteiger charge is 2.04. The third-order valence-corrected chi connectivity index (χ3v) is 3.25. The summed E-state index contributed by atoms with van der Waals surface area (Å²) in [5.41, 5.74) is 2.29. The van der Waals surface area contributed by atoms with E-state index < -0.39 is 0 Å². The molecule has 2 rings (SSSR count). The van der Waals surface area contributed by atoms with Gasteiger partial charge in [0.1, 0.15) is 11.8 Å². The molecule has 0 atom stereocenters. The van der Waals surface area contributed by atoms with Crippen molar-refractivity contribution in [3.63, 3.8) is 0 Å². The van der Waals surface area contributed by atoms with Crippen molar-refractivity contribution in [1.82, 2.24) is 0 Å². The average molecular weight is 241 g/mol. The first-order valence-electron chi connectivity index (χ1n) is 5.12. The number of rotatable bonds is 2. The Morgan fingerprint density at radius 2 is 1.88 bits per heavy atom. The van der Waals surface area contributed by atoms with Crippen LogP contribution in [0.3, 0.4) is 0 Å². The molecule has 0 aromatic heterocycles. The zero-order valence-electron chi connectivity index (χ0n) is 9.34. The lowest BCUT2D eigenvalue weighted by Crippen LogP contribution is -1.82. The van der Waals surface area contributed by atoms with E-state index >= 15 is 0 Å². The van der Waals surface area contributed by atoms with E-state index in [1.165, 1.54) is 4.90 Å². The minimum atomic E-state index is 0.0253. The van der Waals surface area contributed by atoms with E-state index in [1.54, 1.807) is 23.9 Å². The first-order chi connectivity index (χ1) is 8.24. The quantitative estimate of drug-likeness (QED) is 0.816. The van der Waals surface area contributed by atoms with Crippen LogP contribution in [0.5, 0.6) is 5.75 Å². The Morgan fingerprint density at radius 3 is 2.59 bits per heavy atom. The van der Waals surface area contributed by atoms with Gasteiger partial charge in [-0.15, -0.1) is 11.8 Å².